The van der Waals surface area contributed by atoms with E-state index in [1.54, 1.807) is 26.0 Å². The number of phenols is 1. The average molecular weight is 827 g/mol. The first-order chi connectivity index (χ1) is 28.4. The van der Waals surface area contributed by atoms with Crippen LogP contribution in [0, 0.1) is 13.8 Å². The van der Waals surface area contributed by atoms with E-state index in [1.807, 2.05) is 32.0 Å². The molecule has 1 aromatic heterocycles. The summed E-state index contributed by atoms with van der Waals surface area (Å²) in [6, 6.07) is 6.20. The monoisotopic (exact) mass is 826 g/mol. The van der Waals surface area contributed by atoms with Crippen LogP contribution < -0.4 is 29.0 Å². The van der Waals surface area contributed by atoms with Crippen LogP contribution in [0.3, 0.4) is 0 Å². The van der Waals surface area contributed by atoms with Crippen molar-refractivity contribution < 1.29 is 48.2 Å². The molecular formula is C44H50N4O10S. The van der Waals surface area contributed by atoms with Gasteiger partial charge in [-0.2, -0.15) is 0 Å². The minimum Gasteiger partial charge on any atom is -0.504 e. The molecule has 8 aliphatic rings. The number of aromatic amines is 1. The van der Waals surface area contributed by atoms with E-state index in [2.05, 4.69) is 40.0 Å². The molecule has 12 rings (SSSR count). The highest BCUT2D eigenvalue weighted by molar-refractivity contribution is 7.99. The summed E-state index contributed by atoms with van der Waals surface area (Å²) in [5, 5.41) is 27.1. The number of aromatic hydroxyl groups is 1. The van der Waals surface area contributed by atoms with Crippen LogP contribution in [-0.4, -0.2) is 108 Å². The molecule has 15 heteroatoms. The first-order valence-corrected chi connectivity index (χ1v) is 21.3. The van der Waals surface area contributed by atoms with Gasteiger partial charge in [0.2, 0.25) is 6.79 Å². The maximum Gasteiger partial charge on any atom is 0.333 e. The number of benzene rings is 3. The number of carbonyl (C=O) groups is 2. The molecule has 8 aliphatic heterocycles. The molecule has 2 fully saturated rings. The van der Waals surface area contributed by atoms with Gasteiger partial charge in [0.15, 0.2) is 28.5 Å². The van der Waals surface area contributed by atoms with Crippen molar-refractivity contribution >= 4 is 34.6 Å². The lowest BCUT2D eigenvalue weighted by molar-refractivity contribution is -0.160. The fourth-order valence-corrected chi connectivity index (χ4v) is 13.1. The molecule has 4 bridgehead atoms. The quantitative estimate of drug-likeness (QED) is 0.157. The number of nitrogens with zero attached hydrogens (tertiary/aromatic N) is 2. The van der Waals surface area contributed by atoms with Gasteiger partial charge in [0, 0.05) is 70.0 Å². The van der Waals surface area contributed by atoms with Crippen LogP contribution in [-0.2, 0) is 32.7 Å². The normalized spacial score (nSPS) is 30.3. The lowest BCUT2D eigenvalue weighted by atomic mass is 9.76. The molecule has 0 saturated carbocycles. The fraction of sp³-hybridized carbons (Fsp3) is 0.500. The fourth-order valence-electron chi connectivity index (χ4n) is 11.5. The molecule has 9 heterocycles. The number of fused-ring (bicyclic) bond motifs is 8. The number of rotatable bonds is 5. The second-order valence-electron chi connectivity index (χ2n) is 17.0. The molecule has 4 aromatic rings. The SMILES string of the molecule is CCN1CC2(C)Cc3cc(C)c(OC)c(O)c3[C@@H]1[C@@H]1[C@@H]3SC[C@]4(N[C@H](CO)Cc5c4[nH]c4ccc(OC)cc54)C(=O)OC[C@@H](c4c5c(c(C)c(OC(C)=O)c43)OCO5)N12. The Balaban J connectivity index is 1.25. The Morgan fingerprint density at radius 3 is 2.59 bits per heavy atom. The van der Waals surface area contributed by atoms with Gasteiger partial charge in [-0.3, -0.25) is 19.9 Å². The Morgan fingerprint density at radius 1 is 1.07 bits per heavy atom. The predicted octanol–water partition coefficient (Wildman–Crippen LogP) is 5.01. The third-order valence-electron chi connectivity index (χ3n) is 13.7. The van der Waals surface area contributed by atoms with Gasteiger partial charge in [-0.05, 0) is 75.0 Å². The maximum atomic E-state index is 15.2. The zero-order valence-corrected chi connectivity index (χ0v) is 35.1. The number of aliphatic hydroxyl groups excluding tert-OH is 1. The number of methoxy groups -OCH3 is 2. The molecule has 59 heavy (non-hydrogen) atoms. The van der Waals surface area contributed by atoms with Crippen LogP contribution in [0.5, 0.6) is 34.5 Å². The number of hydrogen-bond donors (Lipinski definition) is 4. The molecule has 1 spiro atoms. The largest absolute Gasteiger partial charge is 0.504 e. The second-order valence-corrected chi connectivity index (χ2v) is 18.2. The number of aromatic nitrogens is 1. The summed E-state index contributed by atoms with van der Waals surface area (Å²) >= 11 is 1.58. The van der Waals surface area contributed by atoms with Gasteiger partial charge in [0.1, 0.15) is 18.1 Å². The van der Waals surface area contributed by atoms with Gasteiger partial charge in [-0.1, -0.05) is 13.0 Å². The number of nitrogens with one attached hydrogen (secondary N) is 2. The molecule has 312 valence electrons. The zero-order valence-electron chi connectivity index (χ0n) is 34.3. The highest BCUT2D eigenvalue weighted by Crippen LogP contribution is 2.66. The van der Waals surface area contributed by atoms with E-state index < -0.39 is 40.4 Å². The Bertz CT molecular complexity index is 2450. The summed E-state index contributed by atoms with van der Waals surface area (Å²) in [7, 11) is 3.21. The Hall–Kier alpha value is -4.67. The summed E-state index contributed by atoms with van der Waals surface area (Å²) < 4.78 is 36.9. The average Bonchev–Trinajstić information content (AvgIpc) is 3.80. The number of carbonyl (C=O) groups excluding carboxylic acids is 2. The van der Waals surface area contributed by atoms with Gasteiger partial charge in [0.05, 0.1) is 43.9 Å². The highest BCUT2D eigenvalue weighted by Gasteiger charge is 2.63. The maximum absolute atomic E-state index is 15.2. The Kier molecular flexibility index (Phi) is 8.93. The van der Waals surface area contributed by atoms with Gasteiger partial charge in [-0.15, -0.1) is 11.8 Å². The minimum atomic E-state index is -1.41. The molecule has 3 aromatic carbocycles. The van der Waals surface area contributed by atoms with Crippen molar-refractivity contribution in [1.82, 2.24) is 20.1 Å². The van der Waals surface area contributed by atoms with Gasteiger partial charge in [0.25, 0.3) is 0 Å². The number of thioether (sulfide) groups is 1. The minimum absolute atomic E-state index is 0.00863. The van der Waals surface area contributed by atoms with Crippen molar-refractivity contribution in [3.63, 3.8) is 0 Å². The van der Waals surface area contributed by atoms with Crippen LogP contribution in [0.4, 0.5) is 0 Å². The number of phenolic OH excluding ortho intramolecular Hbond substituents is 1. The van der Waals surface area contributed by atoms with E-state index in [4.69, 9.17) is 28.4 Å². The summed E-state index contributed by atoms with van der Waals surface area (Å²) in [5.74, 6) is 1.96. The lowest BCUT2D eigenvalue weighted by Gasteiger charge is -2.62. The molecule has 0 amide bonds. The number of piperazine rings is 1. The molecule has 2 saturated heterocycles. The van der Waals surface area contributed by atoms with Crippen LogP contribution >= 0.6 is 11.8 Å². The van der Waals surface area contributed by atoms with Gasteiger partial charge >= 0.3 is 11.9 Å². The number of H-pyrrole nitrogens is 1. The van der Waals surface area contributed by atoms with Crippen molar-refractivity contribution in [1.29, 1.82) is 0 Å². The first-order valence-electron chi connectivity index (χ1n) is 20.3. The number of aryl methyl sites for hydroxylation is 1. The Labute approximate surface area is 346 Å². The number of esters is 2. The van der Waals surface area contributed by atoms with Crippen LogP contribution in [0.2, 0.25) is 0 Å². The number of hydrogen-bond acceptors (Lipinski definition) is 14. The standard InChI is InChI=1S/C44H50N4O10S/c1-8-47-17-43(5)14-23-11-20(2)36(54-7)35(51)30(23)33(47)34-40-32-31(39-38(56-19-57-39)21(3)37(32)58-22(4)50)29(48(34)43)16-55-42(52)44(18-59-40)41-27(12-24(15-49)46-44)26-13-25(53-6)9-10-28(26)45-41/h9-11,13,24,29,33-34,40,45-46,49,51H,8,12,14-19H2,1-7H3/t24-,29-,33+,34+,40+,43?,44+/m0/s1. The van der Waals surface area contributed by atoms with E-state index in [0.29, 0.717) is 65.9 Å². The molecule has 2 unspecified atom stereocenters. The second kappa shape index (κ2) is 13.7. The smallest absolute Gasteiger partial charge is 0.333 e. The molecule has 14 nitrogen and oxygen atoms in total. The first kappa shape index (κ1) is 38.5. The summed E-state index contributed by atoms with van der Waals surface area (Å²) in [6.07, 6.45) is 1.08. The van der Waals surface area contributed by atoms with Gasteiger partial charge in [-0.25, -0.2) is 4.79 Å². The number of likely N-dealkylation sites (N-methyl/N-ethyl adjacent to an activating group) is 1. The van der Waals surface area contributed by atoms with E-state index in [0.717, 1.165) is 44.3 Å². The van der Waals surface area contributed by atoms with Crippen molar-refractivity contribution in [3.8, 4) is 34.5 Å². The van der Waals surface area contributed by atoms with Crippen LogP contribution in [0.15, 0.2) is 24.3 Å². The third-order valence-corrected chi connectivity index (χ3v) is 15.2. The summed E-state index contributed by atoms with van der Waals surface area (Å²) in [6.45, 7) is 10.7. The van der Waals surface area contributed by atoms with Crippen molar-refractivity contribution in [2.75, 3.05) is 53.1 Å². The van der Waals surface area contributed by atoms with Crippen molar-refractivity contribution in [2.45, 2.75) is 88.0 Å². The van der Waals surface area contributed by atoms with Gasteiger partial charge < -0.3 is 43.6 Å². The Morgan fingerprint density at radius 2 is 1.86 bits per heavy atom. The van der Waals surface area contributed by atoms with Crippen LogP contribution in [0.25, 0.3) is 10.9 Å². The molecule has 0 aliphatic carbocycles. The molecule has 8 atom stereocenters. The topological polar surface area (TPSA) is 164 Å². The van der Waals surface area contributed by atoms with E-state index in [-0.39, 0.29) is 43.6 Å². The number of aliphatic hydroxyl groups is 1. The third kappa shape index (κ3) is 5.33. The molecule has 4 N–H and O–H groups in total. The van der Waals surface area contributed by atoms with Crippen molar-refractivity contribution in [3.05, 3.63) is 68.9 Å². The number of ether oxygens (including phenoxy) is 6. The highest BCUT2D eigenvalue weighted by atomic mass is 32.2. The van der Waals surface area contributed by atoms with E-state index in [9.17, 15) is 15.0 Å². The summed E-state index contributed by atoms with van der Waals surface area (Å²) in [5.41, 5.74) is 5.40. The molecular weight excluding hydrogens is 777 g/mol. The van der Waals surface area contributed by atoms with E-state index >= 15 is 4.79 Å². The summed E-state index contributed by atoms with van der Waals surface area (Å²) in [4.78, 5) is 36.8. The van der Waals surface area contributed by atoms with E-state index in [1.165, 1.54) is 6.92 Å². The zero-order chi connectivity index (χ0) is 41.3. The molecule has 0 radical (unpaired) electrons. The van der Waals surface area contributed by atoms with Crippen LogP contribution in [0.1, 0.15) is 82.7 Å². The van der Waals surface area contributed by atoms with Crippen molar-refractivity contribution in [2.24, 2.45) is 0 Å². The predicted molar refractivity (Wildman–Crippen MR) is 219 cm³/mol. The lowest BCUT2D eigenvalue weighted by Crippen LogP contribution is -2.69.